The molecule has 1 N–H and O–H groups in total. The third-order valence-corrected chi connectivity index (χ3v) is 5.61. The molecule has 3 rings (SSSR count). The monoisotopic (exact) mass is 343 g/mol. The third-order valence-electron chi connectivity index (χ3n) is 4.38. The van der Waals surface area contributed by atoms with Gasteiger partial charge in [-0.1, -0.05) is 12.5 Å². The number of nitrogens with one attached hydrogen (secondary N) is 1. The van der Waals surface area contributed by atoms with Gasteiger partial charge in [0.25, 0.3) is 5.91 Å². The summed E-state index contributed by atoms with van der Waals surface area (Å²) in [6, 6.07) is 7.20. The van der Waals surface area contributed by atoms with Crippen molar-refractivity contribution in [2.45, 2.75) is 39.0 Å². The Bertz CT molecular complexity index is 755. The van der Waals surface area contributed by atoms with Gasteiger partial charge < -0.3 is 10.1 Å². The number of amides is 1. The van der Waals surface area contributed by atoms with Gasteiger partial charge in [0.05, 0.1) is 17.6 Å². The lowest BCUT2D eigenvalue weighted by Gasteiger charge is -2.09. The van der Waals surface area contributed by atoms with Crippen LogP contribution in [0.5, 0.6) is 0 Å². The van der Waals surface area contributed by atoms with Gasteiger partial charge in [-0.15, -0.1) is 11.3 Å². The number of carbonyl (C=O) groups excluding carboxylic acids is 2. The quantitative estimate of drug-likeness (QED) is 0.665. The number of fused-ring (bicyclic) bond motifs is 1. The molecule has 1 aromatic heterocycles. The number of ether oxygens (including phenoxy) is 1. The van der Waals surface area contributed by atoms with Crippen LogP contribution in [0.1, 0.15) is 55.3 Å². The fraction of sp³-hybridized carbons (Fsp3) is 0.368. The Hall–Kier alpha value is -2.14. The summed E-state index contributed by atoms with van der Waals surface area (Å²) >= 11 is 1.59. The van der Waals surface area contributed by atoms with Crippen molar-refractivity contribution >= 4 is 28.9 Å². The van der Waals surface area contributed by atoms with Gasteiger partial charge in [0.1, 0.15) is 0 Å². The van der Waals surface area contributed by atoms with Crippen molar-refractivity contribution in [2.75, 3.05) is 12.4 Å². The maximum absolute atomic E-state index is 12.6. The highest BCUT2D eigenvalue weighted by Gasteiger charge is 2.17. The lowest BCUT2D eigenvalue weighted by atomic mass is 10.1. The minimum absolute atomic E-state index is 0.113. The molecular formula is C19H21NO3S. The van der Waals surface area contributed by atoms with Crippen LogP contribution in [0.25, 0.3) is 0 Å². The van der Waals surface area contributed by atoms with Crippen LogP contribution in [-0.4, -0.2) is 19.0 Å². The molecule has 0 unspecified atom stereocenters. The van der Waals surface area contributed by atoms with Crippen LogP contribution < -0.4 is 5.32 Å². The number of carbonyl (C=O) groups is 2. The lowest BCUT2D eigenvalue weighted by molar-refractivity contribution is 0.0600. The van der Waals surface area contributed by atoms with Gasteiger partial charge in [0, 0.05) is 10.6 Å². The van der Waals surface area contributed by atoms with Crippen molar-refractivity contribution in [3.8, 4) is 0 Å². The number of hydrogen-bond acceptors (Lipinski definition) is 4. The zero-order valence-corrected chi connectivity index (χ0v) is 14.8. The molecule has 0 radical (unpaired) electrons. The van der Waals surface area contributed by atoms with Gasteiger partial charge in [-0.05, 0) is 61.9 Å². The van der Waals surface area contributed by atoms with Crippen molar-refractivity contribution in [2.24, 2.45) is 0 Å². The van der Waals surface area contributed by atoms with Crippen molar-refractivity contribution in [3.05, 3.63) is 50.7 Å². The number of rotatable bonds is 3. The van der Waals surface area contributed by atoms with Crippen LogP contribution in [0.2, 0.25) is 0 Å². The summed E-state index contributed by atoms with van der Waals surface area (Å²) in [5, 5.41) is 2.93. The van der Waals surface area contributed by atoms with Gasteiger partial charge in [-0.2, -0.15) is 0 Å². The van der Waals surface area contributed by atoms with Crippen LogP contribution in [0.4, 0.5) is 5.69 Å². The Labute approximate surface area is 145 Å². The molecule has 0 aliphatic heterocycles. The van der Waals surface area contributed by atoms with Gasteiger partial charge in [-0.25, -0.2) is 4.79 Å². The first kappa shape index (κ1) is 16.7. The summed E-state index contributed by atoms with van der Waals surface area (Å²) < 4.78 is 4.74. The molecular weight excluding hydrogens is 322 g/mol. The van der Waals surface area contributed by atoms with Gasteiger partial charge in [-0.3, -0.25) is 4.79 Å². The maximum atomic E-state index is 12.6. The molecule has 1 heterocycles. The maximum Gasteiger partial charge on any atom is 0.337 e. The largest absolute Gasteiger partial charge is 0.465 e. The molecule has 5 heteroatoms. The SMILES string of the molecule is COC(=O)c1ccc(C)c(NC(=O)c2cc3c(s2)CCCCC3)c1. The molecule has 1 aliphatic carbocycles. The van der Waals surface area contributed by atoms with E-state index in [-0.39, 0.29) is 5.91 Å². The van der Waals surface area contributed by atoms with E-state index in [0.29, 0.717) is 11.3 Å². The highest BCUT2D eigenvalue weighted by molar-refractivity contribution is 7.14. The number of benzene rings is 1. The van der Waals surface area contributed by atoms with Crippen molar-refractivity contribution < 1.29 is 14.3 Å². The van der Waals surface area contributed by atoms with Gasteiger partial charge in [0.2, 0.25) is 0 Å². The number of aryl methyl sites for hydroxylation is 3. The number of esters is 1. The molecule has 0 atom stereocenters. The van der Waals surface area contributed by atoms with Crippen LogP contribution in [-0.2, 0) is 17.6 Å². The van der Waals surface area contributed by atoms with E-state index in [1.54, 1.807) is 23.5 Å². The summed E-state index contributed by atoms with van der Waals surface area (Å²) in [6.07, 6.45) is 5.81. The molecule has 0 fully saturated rings. The fourth-order valence-electron chi connectivity index (χ4n) is 2.96. The second-order valence-electron chi connectivity index (χ2n) is 6.10. The molecule has 0 spiro atoms. The highest BCUT2D eigenvalue weighted by Crippen LogP contribution is 2.30. The second-order valence-corrected chi connectivity index (χ2v) is 7.23. The van der Waals surface area contributed by atoms with E-state index in [1.165, 1.54) is 36.8 Å². The summed E-state index contributed by atoms with van der Waals surface area (Å²) in [6.45, 7) is 1.90. The highest BCUT2D eigenvalue weighted by atomic mass is 32.1. The van der Waals surface area contributed by atoms with E-state index >= 15 is 0 Å². The molecule has 1 amide bonds. The number of anilines is 1. The first-order valence-electron chi connectivity index (χ1n) is 8.20. The zero-order chi connectivity index (χ0) is 17.1. The van der Waals surface area contributed by atoms with Crippen molar-refractivity contribution in [1.29, 1.82) is 0 Å². The lowest BCUT2D eigenvalue weighted by Crippen LogP contribution is -2.12. The first-order valence-corrected chi connectivity index (χ1v) is 9.02. The molecule has 24 heavy (non-hydrogen) atoms. The third kappa shape index (κ3) is 3.51. The van der Waals surface area contributed by atoms with Crippen molar-refractivity contribution in [3.63, 3.8) is 0 Å². The molecule has 0 saturated carbocycles. The predicted octanol–water partition coefficient (Wildman–Crippen LogP) is 4.36. The molecule has 0 bridgehead atoms. The second kappa shape index (κ2) is 7.18. The molecule has 0 saturated heterocycles. The van der Waals surface area contributed by atoms with E-state index < -0.39 is 5.97 Å². The normalized spacial score (nSPS) is 13.8. The van der Waals surface area contributed by atoms with E-state index in [1.807, 2.05) is 19.1 Å². The van der Waals surface area contributed by atoms with E-state index in [4.69, 9.17) is 4.74 Å². The smallest absolute Gasteiger partial charge is 0.337 e. The molecule has 1 aromatic carbocycles. The van der Waals surface area contributed by atoms with Crippen LogP contribution in [0.15, 0.2) is 24.3 Å². The zero-order valence-electron chi connectivity index (χ0n) is 14.0. The molecule has 126 valence electrons. The average molecular weight is 343 g/mol. The molecule has 2 aromatic rings. The fourth-order valence-corrected chi connectivity index (χ4v) is 4.11. The van der Waals surface area contributed by atoms with Crippen LogP contribution in [0, 0.1) is 6.92 Å². The summed E-state index contributed by atoms with van der Waals surface area (Å²) in [7, 11) is 1.35. The molecule has 4 nitrogen and oxygen atoms in total. The Morgan fingerprint density at radius 2 is 1.92 bits per heavy atom. The van der Waals surface area contributed by atoms with Gasteiger partial charge in [0.15, 0.2) is 0 Å². The first-order chi connectivity index (χ1) is 11.6. The minimum Gasteiger partial charge on any atom is -0.465 e. The van der Waals surface area contributed by atoms with Crippen LogP contribution in [0.3, 0.4) is 0 Å². The topological polar surface area (TPSA) is 55.4 Å². The number of hydrogen-bond donors (Lipinski definition) is 1. The Morgan fingerprint density at radius 3 is 2.71 bits per heavy atom. The minimum atomic E-state index is -0.409. The standard InChI is InChI=1S/C19H21NO3S/c1-12-8-9-14(19(22)23-2)10-15(12)20-18(21)17-11-13-6-4-3-5-7-16(13)24-17/h8-11H,3-7H2,1-2H3,(H,20,21). The van der Waals surface area contributed by atoms with Crippen molar-refractivity contribution in [1.82, 2.24) is 0 Å². The Kier molecular flexibility index (Phi) is 5.00. The Balaban J connectivity index is 1.81. The predicted molar refractivity (Wildman–Crippen MR) is 96.0 cm³/mol. The average Bonchev–Trinajstić information content (AvgIpc) is 2.87. The summed E-state index contributed by atoms with van der Waals surface area (Å²) in [4.78, 5) is 26.4. The summed E-state index contributed by atoms with van der Waals surface area (Å²) in [5.41, 5.74) is 3.31. The number of thiophene rings is 1. The van der Waals surface area contributed by atoms with E-state index in [2.05, 4.69) is 5.32 Å². The van der Waals surface area contributed by atoms with Crippen LogP contribution >= 0.6 is 11.3 Å². The molecule has 1 aliphatic rings. The Morgan fingerprint density at radius 1 is 1.12 bits per heavy atom. The van der Waals surface area contributed by atoms with Gasteiger partial charge >= 0.3 is 5.97 Å². The number of methoxy groups -OCH3 is 1. The summed E-state index contributed by atoms with van der Waals surface area (Å²) in [5.74, 6) is -0.522. The van der Waals surface area contributed by atoms with E-state index in [0.717, 1.165) is 23.3 Å². The van der Waals surface area contributed by atoms with E-state index in [9.17, 15) is 9.59 Å².